The second-order valence-electron chi connectivity index (χ2n) is 4.53. The Hall–Kier alpha value is -2.54. The van der Waals surface area contributed by atoms with Gasteiger partial charge >= 0.3 is 5.97 Å². The Kier molecular flexibility index (Phi) is 3.97. The highest BCUT2D eigenvalue weighted by molar-refractivity contribution is 7.14. The number of ether oxygens (including phenoxy) is 1. The van der Waals surface area contributed by atoms with Gasteiger partial charge in [-0.1, -0.05) is 30.3 Å². The lowest BCUT2D eigenvalue weighted by Gasteiger charge is -2.10. The molecule has 0 spiro atoms. The molecular formula is C15H13N3O3S. The van der Waals surface area contributed by atoms with Crippen molar-refractivity contribution in [2.45, 2.75) is 6.92 Å². The van der Waals surface area contributed by atoms with Crippen LogP contribution in [0.5, 0.6) is 0 Å². The molecule has 1 aliphatic rings. The number of anilines is 1. The molecule has 0 aliphatic carbocycles. The van der Waals surface area contributed by atoms with Gasteiger partial charge in [-0.2, -0.15) is 10.1 Å². The summed E-state index contributed by atoms with van der Waals surface area (Å²) in [4.78, 5) is 28.3. The Balaban J connectivity index is 1.79. The number of esters is 1. The van der Waals surface area contributed by atoms with Crippen molar-refractivity contribution in [2.75, 3.05) is 11.6 Å². The monoisotopic (exact) mass is 315 g/mol. The van der Waals surface area contributed by atoms with Crippen LogP contribution < -0.4 is 5.01 Å². The molecule has 1 atom stereocenters. The van der Waals surface area contributed by atoms with Crippen molar-refractivity contribution < 1.29 is 14.3 Å². The van der Waals surface area contributed by atoms with Crippen molar-refractivity contribution in [1.29, 1.82) is 0 Å². The summed E-state index contributed by atoms with van der Waals surface area (Å²) in [5.74, 6) is -2.00. The normalized spacial score (nSPS) is 17.0. The van der Waals surface area contributed by atoms with Crippen LogP contribution in [0, 0.1) is 5.92 Å². The van der Waals surface area contributed by atoms with Gasteiger partial charge in [0, 0.05) is 17.2 Å². The van der Waals surface area contributed by atoms with Gasteiger partial charge in [-0.15, -0.1) is 11.3 Å². The molecule has 2 aromatic rings. The molecule has 0 bridgehead atoms. The Morgan fingerprint density at radius 3 is 2.86 bits per heavy atom. The van der Waals surface area contributed by atoms with Gasteiger partial charge in [0.2, 0.25) is 5.13 Å². The van der Waals surface area contributed by atoms with E-state index in [1.807, 2.05) is 35.7 Å². The molecule has 3 rings (SSSR count). The van der Waals surface area contributed by atoms with Gasteiger partial charge in [0.15, 0.2) is 5.92 Å². The predicted molar refractivity (Wildman–Crippen MR) is 83.7 cm³/mol. The number of aromatic nitrogens is 1. The third-order valence-electron chi connectivity index (χ3n) is 3.09. The molecule has 1 aliphatic heterocycles. The lowest BCUT2D eigenvalue weighted by Crippen LogP contribution is -2.32. The summed E-state index contributed by atoms with van der Waals surface area (Å²) in [6.45, 7) is 1.92. The summed E-state index contributed by atoms with van der Waals surface area (Å²) in [5, 5.41) is 7.43. The number of thiazole rings is 1. The van der Waals surface area contributed by atoms with Crippen LogP contribution in [-0.4, -0.2) is 29.7 Å². The summed E-state index contributed by atoms with van der Waals surface area (Å²) >= 11 is 1.30. The van der Waals surface area contributed by atoms with Crippen LogP contribution in [0.25, 0.3) is 11.3 Å². The van der Waals surface area contributed by atoms with Crippen LogP contribution in [0.2, 0.25) is 0 Å². The van der Waals surface area contributed by atoms with E-state index in [2.05, 4.69) is 10.1 Å². The van der Waals surface area contributed by atoms with Crippen LogP contribution in [0.4, 0.5) is 5.13 Å². The summed E-state index contributed by atoms with van der Waals surface area (Å²) in [6.07, 6.45) is 1.30. The van der Waals surface area contributed by atoms with E-state index in [1.165, 1.54) is 17.6 Å². The van der Waals surface area contributed by atoms with Crippen LogP contribution >= 0.6 is 11.3 Å². The third kappa shape index (κ3) is 2.62. The molecule has 0 fully saturated rings. The van der Waals surface area contributed by atoms with Crippen molar-refractivity contribution in [2.24, 2.45) is 11.0 Å². The number of hydrazone groups is 1. The van der Waals surface area contributed by atoms with E-state index in [0.717, 1.165) is 16.3 Å². The van der Waals surface area contributed by atoms with E-state index >= 15 is 0 Å². The average Bonchev–Trinajstić information content (AvgIpc) is 3.15. The van der Waals surface area contributed by atoms with Gasteiger partial charge < -0.3 is 4.74 Å². The van der Waals surface area contributed by atoms with Gasteiger partial charge in [0.05, 0.1) is 12.3 Å². The maximum absolute atomic E-state index is 12.2. The first-order chi connectivity index (χ1) is 10.7. The number of benzene rings is 1. The van der Waals surface area contributed by atoms with Gasteiger partial charge in [-0.3, -0.25) is 9.59 Å². The molecule has 112 valence electrons. The summed E-state index contributed by atoms with van der Waals surface area (Å²) < 4.78 is 4.86. The Bertz CT molecular complexity index is 727. The van der Waals surface area contributed by atoms with Crippen molar-refractivity contribution >= 4 is 34.6 Å². The fourth-order valence-electron chi connectivity index (χ4n) is 2.03. The fraction of sp³-hybridized carbons (Fsp3) is 0.200. The highest BCUT2D eigenvalue weighted by Crippen LogP contribution is 2.30. The van der Waals surface area contributed by atoms with E-state index < -0.39 is 17.8 Å². The SMILES string of the molecule is CCOC(=O)[C@H]1C=NN(c2nc(-c3ccccc3)cs2)C1=O. The zero-order valence-corrected chi connectivity index (χ0v) is 12.6. The molecule has 0 saturated carbocycles. The van der Waals surface area contributed by atoms with Crippen LogP contribution in [0.1, 0.15) is 6.92 Å². The maximum Gasteiger partial charge on any atom is 0.324 e. The quantitative estimate of drug-likeness (QED) is 0.641. The second kappa shape index (κ2) is 6.07. The molecule has 0 radical (unpaired) electrons. The Labute approximate surface area is 131 Å². The van der Waals surface area contributed by atoms with Gasteiger partial charge in [-0.05, 0) is 6.92 Å². The molecule has 0 saturated heterocycles. The van der Waals surface area contributed by atoms with E-state index in [-0.39, 0.29) is 6.61 Å². The van der Waals surface area contributed by atoms with E-state index in [0.29, 0.717) is 5.13 Å². The van der Waals surface area contributed by atoms with Crippen LogP contribution in [0.15, 0.2) is 40.8 Å². The van der Waals surface area contributed by atoms with E-state index in [9.17, 15) is 9.59 Å². The third-order valence-corrected chi connectivity index (χ3v) is 3.91. The van der Waals surface area contributed by atoms with Gasteiger partial charge in [0.1, 0.15) is 0 Å². The van der Waals surface area contributed by atoms with E-state index in [1.54, 1.807) is 6.92 Å². The van der Waals surface area contributed by atoms with Crippen molar-refractivity contribution in [1.82, 2.24) is 4.98 Å². The van der Waals surface area contributed by atoms with Gasteiger partial charge in [-0.25, -0.2) is 4.98 Å². The zero-order valence-electron chi connectivity index (χ0n) is 11.8. The smallest absolute Gasteiger partial charge is 0.324 e. The lowest BCUT2D eigenvalue weighted by atomic mass is 10.1. The minimum Gasteiger partial charge on any atom is -0.465 e. The standard InChI is InChI=1S/C15H13N3O3S/c1-2-21-14(20)11-8-16-18(13(11)19)15-17-12(9-22-15)10-6-4-3-5-7-10/h3-9,11H,2H2,1H3/t11-/m0/s1. The molecular weight excluding hydrogens is 302 g/mol. The first kappa shape index (κ1) is 14.4. The molecule has 1 amide bonds. The number of nitrogens with zero attached hydrogens (tertiary/aromatic N) is 3. The fourth-order valence-corrected chi connectivity index (χ4v) is 2.82. The van der Waals surface area contributed by atoms with Crippen molar-refractivity contribution in [3.8, 4) is 11.3 Å². The average molecular weight is 315 g/mol. The Morgan fingerprint density at radius 2 is 2.14 bits per heavy atom. The van der Waals surface area contributed by atoms with Crippen LogP contribution in [-0.2, 0) is 14.3 Å². The number of hydrogen-bond acceptors (Lipinski definition) is 6. The summed E-state index contributed by atoms with van der Waals surface area (Å²) in [6, 6.07) is 9.65. The first-order valence-electron chi connectivity index (χ1n) is 6.76. The molecule has 0 unspecified atom stereocenters. The number of carbonyl (C=O) groups excluding carboxylic acids is 2. The molecule has 2 heterocycles. The van der Waals surface area contributed by atoms with Crippen molar-refractivity contribution in [3.63, 3.8) is 0 Å². The highest BCUT2D eigenvalue weighted by atomic mass is 32.1. The molecule has 1 aromatic heterocycles. The Morgan fingerprint density at radius 1 is 1.36 bits per heavy atom. The molecule has 7 heteroatoms. The second-order valence-corrected chi connectivity index (χ2v) is 5.36. The topological polar surface area (TPSA) is 71.9 Å². The molecule has 6 nitrogen and oxygen atoms in total. The predicted octanol–water partition coefficient (Wildman–Crippen LogP) is 2.32. The minimum atomic E-state index is -0.982. The number of hydrogen-bond donors (Lipinski definition) is 0. The van der Waals surface area contributed by atoms with Gasteiger partial charge in [0.25, 0.3) is 5.91 Å². The minimum absolute atomic E-state index is 0.228. The number of carbonyl (C=O) groups is 2. The lowest BCUT2D eigenvalue weighted by molar-refractivity contribution is -0.147. The maximum atomic E-state index is 12.2. The zero-order chi connectivity index (χ0) is 15.5. The van der Waals surface area contributed by atoms with E-state index in [4.69, 9.17) is 4.74 Å². The number of amides is 1. The summed E-state index contributed by atoms with van der Waals surface area (Å²) in [5.41, 5.74) is 1.73. The van der Waals surface area contributed by atoms with Crippen LogP contribution in [0.3, 0.4) is 0 Å². The first-order valence-corrected chi connectivity index (χ1v) is 7.64. The summed E-state index contributed by atoms with van der Waals surface area (Å²) in [7, 11) is 0. The molecule has 1 aromatic carbocycles. The molecule has 0 N–H and O–H groups in total. The number of rotatable bonds is 4. The van der Waals surface area contributed by atoms with Crippen molar-refractivity contribution in [3.05, 3.63) is 35.7 Å². The molecule has 22 heavy (non-hydrogen) atoms. The highest BCUT2D eigenvalue weighted by Gasteiger charge is 2.37. The largest absolute Gasteiger partial charge is 0.465 e.